The molecule has 0 unspecified atom stereocenters. The second kappa shape index (κ2) is 3.64. The molecule has 0 N–H and O–H groups in total. The van der Waals surface area contributed by atoms with Crippen molar-refractivity contribution in [2.45, 2.75) is 23.8 Å². The minimum absolute atomic E-state index is 0.0268. The van der Waals surface area contributed by atoms with Gasteiger partial charge in [-0.05, 0) is 18.9 Å². The van der Waals surface area contributed by atoms with Crippen molar-refractivity contribution in [3.63, 3.8) is 0 Å². The van der Waals surface area contributed by atoms with Crippen LogP contribution in [0.4, 0.5) is 0 Å². The molecule has 0 bridgehead atoms. The monoisotopic (exact) mass is 272 g/mol. The van der Waals surface area contributed by atoms with E-state index in [2.05, 4.69) is 0 Å². The Balaban J connectivity index is 2.32. The Morgan fingerprint density at radius 3 is 2.50 bits per heavy atom. The Kier molecular flexibility index (Phi) is 2.79. The van der Waals surface area contributed by atoms with Crippen molar-refractivity contribution in [2.75, 3.05) is 0 Å². The quantitative estimate of drug-likeness (QED) is 0.795. The largest absolute Gasteiger partial charge is 0.299 e. The number of hydrogen-bond donors (Lipinski definition) is 0. The molecule has 78 valence electrons. The maximum atomic E-state index is 11.6. The summed E-state index contributed by atoms with van der Waals surface area (Å²) in [6, 6.07) is 1.31. The van der Waals surface area contributed by atoms with Crippen molar-refractivity contribution < 1.29 is 12.6 Å². The summed E-state index contributed by atoms with van der Waals surface area (Å²) in [4.78, 5) is -0.0268. The Hall–Kier alpha value is 0.190. The van der Waals surface area contributed by atoms with Crippen molar-refractivity contribution in [1.29, 1.82) is 0 Å². The highest BCUT2D eigenvalue weighted by Gasteiger charge is 2.32. The van der Waals surface area contributed by atoms with Crippen molar-refractivity contribution in [3.05, 3.63) is 14.7 Å². The van der Waals surface area contributed by atoms with Crippen LogP contribution in [0.5, 0.6) is 0 Å². The van der Waals surface area contributed by atoms with Crippen LogP contribution in [0.25, 0.3) is 0 Å². The predicted octanol–water partition coefficient (Wildman–Crippen LogP) is 2.92. The summed E-state index contributed by atoms with van der Waals surface area (Å²) in [7, 11) is -3.71. The van der Waals surface area contributed by atoms with Gasteiger partial charge in [0.1, 0.15) is 9.23 Å². The topological polar surface area (TPSA) is 43.4 Å². The van der Waals surface area contributed by atoms with E-state index >= 15 is 0 Å². The van der Waals surface area contributed by atoms with Gasteiger partial charge in [0.15, 0.2) is 0 Å². The molecule has 1 aromatic heterocycles. The first-order valence-corrected chi connectivity index (χ1v) is 6.85. The van der Waals surface area contributed by atoms with Crippen LogP contribution in [0, 0.1) is 0 Å². The van der Waals surface area contributed by atoms with Gasteiger partial charge in [-0.15, -0.1) is 11.3 Å². The van der Waals surface area contributed by atoms with Crippen LogP contribution in [0.2, 0.25) is 8.67 Å². The summed E-state index contributed by atoms with van der Waals surface area (Å²) in [5.74, 6) is 0. The fraction of sp³-hybridized carbons (Fsp3) is 0.429. The minimum atomic E-state index is -3.71. The summed E-state index contributed by atoms with van der Waals surface area (Å²) in [5, 5.41) is 0. The summed E-state index contributed by atoms with van der Waals surface area (Å²) < 4.78 is 28.5. The maximum Gasteiger partial charge on any atom is 0.299 e. The van der Waals surface area contributed by atoms with Crippen molar-refractivity contribution >= 4 is 44.7 Å². The Morgan fingerprint density at radius 2 is 2.07 bits per heavy atom. The van der Waals surface area contributed by atoms with Crippen LogP contribution in [-0.4, -0.2) is 14.5 Å². The van der Waals surface area contributed by atoms with E-state index in [-0.39, 0.29) is 15.3 Å². The lowest BCUT2D eigenvalue weighted by Crippen LogP contribution is -2.07. The zero-order chi connectivity index (χ0) is 10.3. The molecule has 0 aromatic carbocycles. The molecule has 0 saturated heterocycles. The molecule has 0 amide bonds. The zero-order valence-electron chi connectivity index (χ0n) is 6.87. The Morgan fingerprint density at radius 1 is 1.43 bits per heavy atom. The van der Waals surface area contributed by atoms with Gasteiger partial charge >= 0.3 is 0 Å². The highest BCUT2D eigenvalue weighted by Crippen LogP contribution is 2.37. The average Bonchev–Trinajstić information content (AvgIpc) is 2.76. The number of thiophene rings is 1. The van der Waals surface area contributed by atoms with Gasteiger partial charge in [0.05, 0.1) is 10.4 Å². The molecule has 2 rings (SSSR count). The highest BCUT2D eigenvalue weighted by atomic mass is 35.5. The van der Waals surface area contributed by atoms with Gasteiger partial charge in [0.2, 0.25) is 0 Å². The Bertz CT molecular complexity index is 448. The molecule has 0 spiro atoms. The third kappa shape index (κ3) is 2.23. The van der Waals surface area contributed by atoms with E-state index in [1.54, 1.807) is 0 Å². The fourth-order valence-electron chi connectivity index (χ4n) is 0.891. The van der Waals surface area contributed by atoms with E-state index in [4.69, 9.17) is 27.4 Å². The van der Waals surface area contributed by atoms with Gasteiger partial charge in [-0.2, -0.15) is 8.42 Å². The lowest BCUT2D eigenvalue weighted by molar-refractivity contribution is 0.305. The summed E-state index contributed by atoms with van der Waals surface area (Å²) in [5.41, 5.74) is 0. The van der Waals surface area contributed by atoms with E-state index < -0.39 is 10.1 Å². The van der Waals surface area contributed by atoms with E-state index in [0.29, 0.717) is 4.34 Å². The smallest absolute Gasteiger partial charge is 0.263 e. The highest BCUT2D eigenvalue weighted by molar-refractivity contribution is 7.87. The minimum Gasteiger partial charge on any atom is -0.263 e. The van der Waals surface area contributed by atoms with Gasteiger partial charge in [-0.3, -0.25) is 4.18 Å². The lowest BCUT2D eigenvalue weighted by atomic mass is 10.7. The number of hydrogen-bond acceptors (Lipinski definition) is 4. The van der Waals surface area contributed by atoms with Gasteiger partial charge in [0, 0.05) is 0 Å². The van der Waals surface area contributed by atoms with E-state index in [1.165, 1.54) is 6.07 Å². The normalized spacial score (nSPS) is 17.3. The molecule has 0 radical (unpaired) electrons. The molecular weight excluding hydrogens is 267 g/mol. The Labute approximate surface area is 95.7 Å². The maximum absolute atomic E-state index is 11.6. The SMILES string of the molecule is O=S(=O)(OC1CC1)c1cc(Cl)sc1Cl. The molecule has 1 fully saturated rings. The van der Waals surface area contributed by atoms with Crippen LogP contribution in [0.3, 0.4) is 0 Å². The third-order valence-electron chi connectivity index (χ3n) is 1.68. The van der Waals surface area contributed by atoms with E-state index in [0.717, 1.165) is 24.2 Å². The van der Waals surface area contributed by atoms with E-state index in [9.17, 15) is 8.42 Å². The third-order valence-corrected chi connectivity index (χ3v) is 4.80. The van der Waals surface area contributed by atoms with Crippen LogP contribution in [0.1, 0.15) is 12.8 Å². The van der Waals surface area contributed by atoms with Gasteiger partial charge in [0.25, 0.3) is 10.1 Å². The van der Waals surface area contributed by atoms with Crippen molar-refractivity contribution in [2.24, 2.45) is 0 Å². The number of halogens is 2. The molecule has 1 aliphatic rings. The second-order valence-corrected chi connectivity index (χ2v) is 6.76. The van der Waals surface area contributed by atoms with Crippen LogP contribution in [0.15, 0.2) is 11.0 Å². The predicted molar refractivity (Wildman–Crippen MR) is 55.6 cm³/mol. The van der Waals surface area contributed by atoms with Gasteiger partial charge < -0.3 is 0 Å². The lowest BCUT2D eigenvalue weighted by Gasteiger charge is -2.01. The first-order valence-electron chi connectivity index (χ1n) is 3.87. The van der Waals surface area contributed by atoms with Crippen LogP contribution in [-0.2, 0) is 14.3 Å². The number of rotatable bonds is 3. The first-order chi connectivity index (χ1) is 6.49. The molecular formula is C7H6Cl2O3S2. The van der Waals surface area contributed by atoms with E-state index in [1.807, 2.05) is 0 Å². The van der Waals surface area contributed by atoms with Gasteiger partial charge in [-0.25, -0.2) is 0 Å². The first kappa shape index (κ1) is 10.7. The summed E-state index contributed by atoms with van der Waals surface area (Å²) >= 11 is 12.4. The molecule has 1 saturated carbocycles. The van der Waals surface area contributed by atoms with Crippen LogP contribution < -0.4 is 0 Å². The molecule has 1 heterocycles. The fourth-order valence-corrected chi connectivity index (χ4v) is 4.13. The van der Waals surface area contributed by atoms with Crippen LogP contribution >= 0.6 is 34.5 Å². The molecule has 0 atom stereocenters. The molecule has 1 aromatic rings. The second-order valence-electron chi connectivity index (χ2n) is 2.94. The summed E-state index contributed by atoms with van der Waals surface area (Å²) in [6.07, 6.45) is 1.40. The molecule has 7 heteroatoms. The zero-order valence-corrected chi connectivity index (χ0v) is 10.0. The van der Waals surface area contributed by atoms with Crippen molar-refractivity contribution in [1.82, 2.24) is 0 Å². The molecule has 0 aliphatic heterocycles. The van der Waals surface area contributed by atoms with Gasteiger partial charge in [-0.1, -0.05) is 23.2 Å². The molecule has 14 heavy (non-hydrogen) atoms. The standard InChI is InChI=1S/C7H6Cl2O3S2/c8-6-3-5(7(9)13-6)14(10,11)12-4-1-2-4/h3-4H,1-2H2. The molecule has 3 nitrogen and oxygen atoms in total. The summed E-state index contributed by atoms with van der Waals surface area (Å²) in [6.45, 7) is 0. The average molecular weight is 273 g/mol. The molecule has 1 aliphatic carbocycles. The van der Waals surface area contributed by atoms with Crippen molar-refractivity contribution in [3.8, 4) is 0 Å².